The van der Waals surface area contributed by atoms with Crippen molar-refractivity contribution in [1.29, 1.82) is 0 Å². The van der Waals surface area contributed by atoms with Crippen molar-refractivity contribution < 1.29 is 22.7 Å². The average Bonchev–Trinajstić information content (AvgIpc) is 3.10. The van der Waals surface area contributed by atoms with Gasteiger partial charge in [-0.1, -0.05) is 12.1 Å². The summed E-state index contributed by atoms with van der Waals surface area (Å²) in [7, 11) is -3.00. The molecule has 2 aliphatic rings. The van der Waals surface area contributed by atoms with Crippen molar-refractivity contribution in [2.75, 3.05) is 18.1 Å². The first-order valence-electron chi connectivity index (χ1n) is 7.94. The predicted molar refractivity (Wildman–Crippen MR) is 85.1 cm³/mol. The summed E-state index contributed by atoms with van der Waals surface area (Å²) in [5.41, 5.74) is 3.07. The first kappa shape index (κ1) is 16.2. The Labute approximate surface area is 135 Å². The number of ketones is 1. The molecule has 0 aromatic heterocycles. The summed E-state index contributed by atoms with van der Waals surface area (Å²) in [6, 6.07) is 5.65. The molecule has 0 saturated carbocycles. The molecule has 1 aromatic rings. The maximum absolute atomic E-state index is 12.1. The molecular formula is C17H20O5S. The number of rotatable bonds is 5. The van der Waals surface area contributed by atoms with Crippen LogP contribution in [0, 0.1) is 5.92 Å². The van der Waals surface area contributed by atoms with Gasteiger partial charge in [-0.3, -0.25) is 9.59 Å². The second-order valence-electron chi connectivity index (χ2n) is 6.39. The van der Waals surface area contributed by atoms with Crippen LogP contribution in [0.3, 0.4) is 0 Å². The molecule has 1 saturated heterocycles. The van der Waals surface area contributed by atoms with Crippen molar-refractivity contribution in [3.05, 3.63) is 34.9 Å². The molecule has 0 radical (unpaired) electrons. The van der Waals surface area contributed by atoms with Gasteiger partial charge >= 0.3 is 5.97 Å². The zero-order valence-corrected chi connectivity index (χ0v) is 13.7. The van der Waals surface area contributed by atoms with E-state index >= 15 is 0 Å². The molecule has 1 aromatic carbocycles. The Kier molecular flexibility index (Phi) is 4.53. The lowest BCUT2D eigenvalue weighted by Crippen LogP contribution is -2.17. The van der Waals surface area contributed by atoms with E-state index in [4.69, 9.17) is 4.74 Å². The van der Waals surface area contributed by atoms with Gasteiger partial charge in [0.15, 0.2) is 22.2 Å². The number of fused-ring (bicyclic) bond motifs is 1. The Balaban J connectivity index is 1.50. The normalized spacial score (nSPS) is 21.8. The lowest BCUT2D eigenvalue weighted by Gasteiger charge is -2.08. The summed E-state index contributed by atoms with van der Waals surface area (Å²) < 4.78 is 27.7. The monoisotopic (exact) mass is 336 g/mol. The number of esters is 1. The van der Waals surface area contributed by atoms with Crippen LogP contribution in [0.25, 0.3) is 0 Å². The van der Waals surface area contributed by atoms with Crippen LogP contribution in [0.1, 0.15) is 40.7 Å². The summed E-state index contributed by atoms with van der Waals surface area (Å²) >= 11 is 0. The summed E-state index contributed by atoms with van der Waals surface area (Å²) in [6.45, 7) is -0.281. The topological polar surface area (TPSA) is 77.5 Å². The quantitative estimate of drug-likeness (QED) is 0.604. The van der Waals surface area contributed by atoms with Gasteiger partial charge in [0.25, 0.3) is 0 Å². The minimum atomic E-state index is -3.00. The number of sulfone groups is 1. The first-order chi connectivity index (χ1) is 10.9. The van der Waals surface area contributed by atoms with E-state index in [9.17, 15) is 18.0 Å². The van der Waals surface area contributed by atoms with Gasteiger partial charge in [-0.25, -0.2) is 8.42 Å². The van der Waals surface area contributed by atoms with Crippen molar-refractivity contribution in [1.82, 2.24) is 0 Å². The molecule has 3 rings (SSSR count). The van der Waals surface area contributed by atoms with Crippen molar-refractivity contribution in [3.8, 4) is 0 Å². The molecule has 124 valence electrons. The second-order valence-corrected chi connectivity index (χ2v) is 8.62. The Morgan fingerprint density at radius 1 is 1.17 bits per heavy atom. The third-order valence-electron chi connectivity index (χ3n) is 4.57. The molecule has 1 aliphatic carbocycles. The lowest BCUT2D eigenvalue weighted by atomic mass is 10.0. The smallest absolute Gasteiger partial charge is 0.306 e. The van der Waals surface area contributed by atoms with Gasteiger partial charge in [0.1, 0.15) is 0 Å². The van der Waals surface area contributed by atoms with Gasteiger partial charge in [0.2, 0.25) is 0 Å². The molecule has 5 nitrogen and oxygen atoms in total. The Morgan fingerprint density at radius 3 is 2.70 bits per heavy atom. The second kappa shape index (κ2) is 6.43. The average molecular weight is 336 g/mol. The lowest BCUT2D eigenvalue weighted by molar-refractivity contribution is -0.143. The van der Waals surface area contributed by atoms with Gasteiger partial charge in [0, 0.05) is 12.0 Å². The van der Waals surface area contributed by atoms with Gasteiger partial charge in [-0.15, -0.1) is 0 Å². The molecule has 23 heavy (non-hydrogen) atoms. The highest BCUT2D eigenvalue weighted by molar-refractivity contribution is 7.91. The van der Waals surface area contributed by atoms with Gasteiger partial charge in [-0.05, 0) is 48.8 Å². The summed E-state index contributed by atoms with van der Waals surface area (Å²) in [5, 5.41) is 0. The van der Waals surface area contributed by atoms with E-state index < -0.39 is 15.8 Å². The minimum absolute atomic E-state index is 0.0425. The standard InChI is InChI=1S/C17H20O5S/c18-16(15-5-4-13-2-1-3-14(13)9-15)10-22-17(19)8-12-6-7-23(20,21)11-12/h4-5,9,12H,1-3,6-8,10-11H2/t12-/m1/s1. The first-order valence-corrected chi connectivity index (χ1v) is 9.76. The fourth-order valence-corrected chi connectivity index (χ4v) is 5.16. The molecule has 0 unspecified atom stereocenters. The summed E-state index contributed by atoms with van der Waals surface area (Å²) in [5.74, 6) is -0.712. The highest BCUT2D eigenvalue weighted by Crippen LogP contribution is 2.24. The van der Waals surface area contributed by atoms with E-state index in [1.807, 2.05) is 12.1 Å². The maximum atomic E-state index is 12.1. The Bertz CT molecular complexity index is 735. The number of carbonyl (C=O) groups excluding carboxylic acids is 2. The Hall–Kier alpha value is -1.69. The van der Waals surface area contributed by atoms with Crippen LogP contribution in [0.4, 0.5) is 0 Å². The van der Waals surface area contributed by atoms with Crippen molar-refractivity contribution in [3.63, 3.8) is 0 Å². The van der Waals surface area contributed by atoms with E-state index in [-0.39, 0.29) is 36.2 Å². The number of benzene rings is 1. The summed E-state index contributed by atoms with van der Waals surface area (Å²) in [6.07, 6.45) is 3.73. The predicted octanol–water partition coefficient (Wildman–Crippen LogP) is 1.73. The third kappa shape index (κ3) is 3.99. The number of hydrogen-bond donors (Lipinski definition) is 0. The minimum Gasteiger partial charge on any atom is -0.457 e. The number of aryl methyl sites for hydroxylation is 2. The molecule has 0 amide bonds. The fraction of sp³-hybridized carbons (Fsp3) is 0.529. The highest BCUT2D eigenvalue weighted by atomic mass is 32.2. The molecule has 6 heteroatoms. The van der Waals surface area contributed by atoms with Crippen LogP contribution < -0.4 is 0 Å². The number of Topliss-reactive ketones (excluding diaryl/α,β-unsaturated/α-hetero) is 1. The SMILES string of the molecule is O=C(C[C@H]1CCS(=O)(=O)C1)OCC(=O)c1ccc2c(c1)CCC2. The van der Waals surface area contributed by atoms with Gasteiger partial charge in [0.05, 0.1) is 11.5 Å². The van der Waals surface area contributed by atoms with E-state index in [0.717, 1.165) is 19.3 Å². The molecular weight excluding hydrogens is 316 g/mol. The van der Waals surface area contributed by atoms with Crippen LogP contribution in [0.5, 0.6) is 0 Å². The van der Waals surface area contributed by atoms with Gasteiger partial charge in [-0.2, -0.15) is 0 Å². The van der Waals surface area contributed by atoms with Crippen LogP contribution in [-0.2, 0) is 32.2 Å². The van der Waals surface area contributed by atoms with Crippen LogP contribution in [-0.4, -0.2) is 38.3 Å². The fourth-order valence-electron chi connectivity index (χ4n) is 3.30. The van der Waals surface area contributed by atoms with Gasteiger partial charge < -0.3 is 4.74 Å². The van der Waals surface area contributed by atoms with Crippen LogP contribution in [0.2, 0.25) is 0 Å². The molecule has 1 aliphatic heterocycles. The van der Waals surface area contributed by atoms with E-state index in [1.165, 1.54) is 11.1 Å². The largest absolute Gasteiger partial charge is 0.457 e. The summed E-state index contributed by atoms with van der Waals surface area (Å²) in [4.78, 5) is 23.9. The Morgan fingerprint density at radius 2 is 1.96 bits per heavy atom. The third-order valence-corrected chi connectivity index (χ3v) is 6.40. The van der Waals surface area contributed by atoms with Crippen molar-refractivity contribution in [2.45, 2.75) is 32.1 Å². The molecule has 0 spiro atoms. The number of ether oxygens (including phenoxy) is 1. The number of carbonyl (C=O) groups is 2. The van der Waals surface area contributed by atoms with Crippen molar-refractivity contribution in [2.24, 2.45) is 5.92 Å². The molecule has 1 heterocycles. The molecule has 1 atom stereocenters. The zero-order valence-electron chi connectivity index (χ0n) is 12.9. The molecule has 0 bridgehead atoms. The molecule has 1 fully saturated rings. The van der Waals surface area contributed by atoms with Crippen LogP contribution >= 0.6 is 0 Å². The van der Waals surface area contributed by atoms with Crippen molar-refractivity contribution >= 4 is 21.6 Å². The number of hydrogen-bond acceptors (Lipinski definition) is 5. The maximum Gasteiger partial charge on any atom is 0.306 e. The van der Waals surface area contributed by atoms with E-state index in [2.05, 4.69) is 0 Å². The molecule has 0 N–H and O–H groups in total. The van der Waals surface area contributed by atoms with E-state index in [0.29, 0.717) is 12.0 Å². The van der Waals surface area contributed by atoms with E-state index in [1.54, 1.807) is 6.07 Å². The zero-order chi connectivity index (χ0) is 16.4. The van der Waals surface area contributed by atoms with Crippen LogP contribution in [0.15, 0.2) is 18.2 Å². The highest BCUT2D eigenvalue weighted by Gasteiger charge is 2.30.